The molecule has 10 N–H and O–H groups in total. The summed E-state index contributed by atoms with van der Waals surface area (Å²) >= 11 is 0. The molecule has 11 atom stereocenters. The van der Waals surface area contributed by atoms with E-state index in [0.29, 0.717) is 48.8 Å². The van der Waals surface area contributed by atoms with Crippen molar-refractivity contribution in [1.29, 1.82) is 0 Å². The zero-order chi connectivity index (χ0) is 94.7. The molecular weight excluding hydrogens is 1630 g/mol. The largest absolute Gasteiger partial charge is 0.507 e. The highest BCUT2D eigenvalue weighted by Crippen LogP contribution is 2.42. The van der Waals surface area contributed by atoms with Crippen LogP contribution in [0, 0.1) is 23.7 Å². The normalized spacial score (nSPS) is 17.9. The van der Waals surface area contributed by atoms with Gasteiger partial charge in [0, 0.05) is 113 Å². The Bertz CT molecular complexity index is 4330. The van der Waals surface area contributed by atoms with E-state index in [2.05, 4.69) is 35.1 Å². The maximum atomic E-state index is 14.2. The maximum Gasteiger partial charge on any atom is 0.245 e. The van der Waals surface area contributed by atoms with Crippen LogP contribution in [-0.2, 0) is 80.0 Å². The first-order chi connectivity index (χ1) is 61.0. The Morgan fingerprint density at radius 3 is 1.29 bits per heavy atom. The number of fused-ring (bicyclic) bond motifs is 10. The van der Waals surface area contributed by atoms with Crippen LogP contribution in [0.3, 0.4) is 0 Å². The Balaban J connectivity index is 0.000000454. The third kappa shape index (κ3) is 35.8. The topological polar surface area (TPSA) is 418 Å². The molecule has 0 radical (unpaired) electrons. The molecule has 27 nitrogen and oxygen atoms in total. The first-order valence-electron chi connectivity index (χ1n) is 47.1. The number of hydrogen-bond donors (Lipinski definition) is 10. The summed E-state index contributed by atoms with van der Waals surface area (Å²) in [5, 5.41) is 74.4. The summed E-state index contributed by atoms with van der Waals surface area (Å²) in [4.78, 5) is 190. The summed E-state index contributed by atoms with van der Waals surface area (Å²) in [6.45, 7) is 13.5. The first kappa shape index (κ1) is 109. The number of unbranched alkanes of at least 4 members (excludes halogenated alkanes) is 24. The van der Waals surface area contributed by atoms with Gasteiger partial charge in [0.2, 0.25) is 41.4 Å². The Kier molecular flexibility index (Phi) is 48.4. The lowest BCUT2D eigenvalue weighted by molar-refractivity contribution is -0.143. The van der Waals surface area contributed by atoms with Gasteiger partial charge in [0.1, 0.15) is 46.9 Å². The van der Waals surface area contributed by atoms with Gasteiger partial charge in [-0.1, -0.05) is 213 Å². The molecule has 0 aromatic heterocycles. The van der Waals surface area contributed by atoms with Gasteiger partial charge in [0.15, 0.2) is 34.7 Å². The number of likely N-dealkylation sites (N-methyl/N-ethyl adjacent to an activating group) is 3. The smallest absolute Gasteiger partial charge is 0.245 e. The number of nitrogens with zero attached hydrogens (tertiary/aromatic N) is 3. The summed E-state index contributed by atoms with van der Waals surface area (Å²) < 4.78 is 0. The number of rotatable bonds is 49. The second kappa shape index (κ2) is 57.1. The molecule has 128 heavy (non-hydrogen) atoms. The Morgan fingerprint density at radius 2 is 0.836 bits per heavy atom. The van der Waals surface area contributed by atoms with E-state index in [0.717, 1.165) is 50.5 Å². The second-order valence-electron chi connectivity index (χ2n) is 35.9. The highest BCUT2D eigenvalue weighted by Gasteiger charge is 2.38. The highest BCUT2D eigenvalue weighted by atomic mass is 16.3. The molecule has 2 heterocycles. The van der Waals surface area contributed by atoms with Crippen LogP contribution in [-0.4, -0.2) is 192 Å². The van der Waals surface area contributed by atoms with Crippen molar-refractivity contribution in [3.63, 3.8) is 0 Å². The average Bonchev–Trinajstić information content (AvgIpc) is 0.792. The second-order valence-corrected chi connectivity index (χ2v) is 35.9. The van der Waals surface area contributed by atoms with Gasteiger partial charge in [-0.2, -0.15) is 0 Å². The summed E-state index contributed by atoms with van der Waals surface area (Å²) in [6, 6.07) is 10.7. The monoisotopic (exact) mass is 1780 g/mol. The summed E-state index contributed by atoms with van der Waals surface area (Å²) in [7, 11) is 4.26. The molecule has 0 saturated heterocycles. The van der Waals surface area contributed by atoms with E-state index in [-0.39, 0.29) is 120 Å². The fourth-order valence-corrected chi connectivity index (χ4v) is 16.7. The van der Waals surface area contributed by atoms with Gasteiger partial charge in [-0.15, -0.1) is 0 Å². The summed E-state index contributed by atoms with van der Waals surface area (Å²) in [5.41, 5.74) is 2.89. The molecule has 2 aliphatic heterocycles. The molecule has 4 aromatic rings. The highest BCUT2D eigenvalue weighted by molar-refractivity contribution is 6.00. The number of nitrogens with one attached hydrogen (secondary N) is 4. The number of aliphatic hydroxyl groups is 2. The minimum Gasteiger partial charge on any atom is -0.507 e. The van der Waals surface area contributed by atoms with E-state index < -0.39 is 138 Å². The zero-order valence-electron chi connectivity index (χ0n) is 78.3. The van der Waals surface area contributed by atoms with Gasteiger partial charge in [-0.25, -0.2) is 0 Å². The van der Waals surface area contributed by atoms with Gasteiger partial charge in [-0.3, -0.25) is 67.1 Å². The number of hydrogen-bond acceptors (Lipinski definition) is 20. The quantitative estimate of drug-likeness (QED) is 0.0184. The molecule has 4 aromatic carbocycles. The molecule has 0 spiro atoms. The molecule has 0 saturated carbocycles. The predicted molar refractivity (Wildman–Crippen MR) is 494 cm³/mol. The van der Waals surface area contributed by atoms with E-state index >= 15 is 0 Å². The van der Waals surface area contributed by atoms with E-state index in [1.54, 1.807) is 38.1 Å². The van der Waals surface area contributed by atoms with Crippen LogP contribution < -0.4 is 21.3 Å². The van der Waals surface area contributed by atoms with Crippen molar-refractivity contribution < 1.29 is 97.8 Å². The molecule has 8 bridgehead atoms. The molecule has 6 rings (SSSR count). The van der Waals surface area contributed by atoms with Crippen molar-refractivity contribution in [3.05, 3.63) is 95.1 Å². The zero-order valence-corrected chi connectivity index (χ0v) is 78.3. The Morgan fingerprint density at radius 1 is 0.438 bits per heavy atom. The molecule has 708 valence electrons. The van der Waals surface area contributed by atoms with Crippen molar-refractivity contribution in [2.24, 2.45) is 23.7 Å². The number of carbonyl (C=O) groups is 14. The third-order valence-electron chi connectivity index (χ3n) is 25.1. The van der Waals surface area contributed by atoms with Crippen LogP contribution in [0.4, 0.5) is 0 Å². The number of ketones is 7. The van der Waals surface area contributed by atoms with Crippen molar-refractivity contribution >= 4 is 81.8 Å². The molecule has 27 heteroatoms. The fraction of sp³-hybridized carbons (Fsp3) is 0.624. The summed E-state index contributed by atoms with van der Waals surface area (Å²) in [6.07, 6.45) is 31.1. The summed E-state index contributed by atoms with van der Waals surface area (Å²) in [5.74, 6) is -10.9. The van der Waals surface area contributed by atoms with Crippen molar-refractivity contribution in [2.75, 3.05) is 34.4 Å². The number of aliphatic hydroxyl groups excluding tert-OH is 2. The van der Waals surface area contributed by atoms with Gasteiger partial charge in [0.25, 0.3) is 0 Å². The number of phenols is 4. The SMILES string of the molecule is CCCCCCCCCCCCCCCC(=O)C[C@H](CO)C(=O)N[C@H](C)C(=O)C[C@@H](C)C(=O)N(C)[C@@H]1C(=O)C[C@@H](C)C(=O)N[C@H](C(C)=O)Cc2ccc(O)c(c2)-c2cc1ccc2O.CCCCCCCCCCCCCCCC(=O)N(C)[C@H](CO)C(=O)N[C@H](C)C(=O)CCC(=O)N(C)[C@@H]1C(=O)C[C@@H](C)C(=O)N[C@H](C(C)=O)CCCc2ccc(O)c(c2)-c2cc1ccc2O. The molecule has 7 amide bonds. The van der Waals surface area contributed by atoms with Crippen LogP contribution >= 0.6 is 0 Å². The average molecular weight is 1780 g/mol. The van der Waals surface area contributed by atoms with Crippen LogP contribution in [0.2, 0.25) is 0 Å². The molecule has 0 aliphatic carbocycles. The van der Waals surface area contributed by atoms with Crippen LogP contribution in [0.25, 0.3) is 22.3 Å². The van der Waals surface area contributed by atoms with Gasteiger partial charge >= 0.3 is 0 Å². The van der Waals surface area contributed by atoms with Gasteiger partial charge in [0.05, 0.1) is 43.3 Å². The number of aromatic hydroxyl groups is 4. The van der Waals surface area contributed by atoms with E-state index in [4.69, 9.17) is 0 Å². The number of phenolic OH excluding ortho intramolecular Hbond substituents is 4. The molecule has 2 aliphatic rings. The number of aryl methyl sites for hydroxylation is 1. The molecular formula is C101H149N7O20. The lowest BCUT2D eigenvalue weighted by atomic mass is 9.89. The maximum absolute atomic E-state index is 14.2. The number of Topliss-reactive ketones (excluding diaryl/α,β-unsaturated/α-hetero) is 7. The van der Waals surface area contributed by atoms with Crippen molar-refractivity contribution in [1.82, 2.24) is 36.0 Å². The van der Waals surface area contributed by atoms with Crippen LogP contribution in [0.5, 0.6) is 23.0 Å². The minimum absolute atomic E-state index is 0.107. The number of carbonyl (C=O) groups excluding carboxylic acids is 14. The minimum atomic E-state index is -1.28. The lowest BCUT2D eigenvalue weighted by Gasteiger charge is -2.31. The van der Waals surface area contributed by atoms with E-state index in [1.165, 1.54) is 235 Å². The lowest BCUT2D eigenvalue weighted by Crippen LogP contribution is -2.53. The molecule has 0 fully saturated rings. The van der Waals surface area contributed by atoms with Crippen molar-refractivity contribution in [3.8, 4) is 45.3 Å². The van der Waals surface area contributed by atoms with Crippen LogP contribution in [0.1, 0.15) is 328 Å². The van der Waals surface area contributed by atoms with Crippen LogP contribution in [0.15, 0.2) is 72.8 Å². The van der Waals surface area contributed by atoms with Gasteiger partial charge < -0.3 is 66.6 Å². The third-order valence-corrected chi connectivity index (χ3v) is 25.1. The number of benzene rings is 4. The predicted octanol–water partition coefficient (Wildman–Crippen LogP) is 15.1. The van der Waals surface area contributed by atoms with E-state index in [9.17, 15) is 97.8 Å². The standard InChI is InChI=1S/C51H76N4O10.C50H73N3O10/c1-7-8-9-10-11-12-13-14-15-16-17-18-19-23-47(62)54(5)42(33-56)51(65)52-35(3)43(58)28-29-48(63)55(6)49-38-25-27-45(60)40(32-38)39-31-37(24-26-44(39)59)21-20-22-41(36(4)57)53-50(64)34(2)30-46(49)61;1-7-8-9-10-11-12-13-14-15-16-17-18-19-20-39(56)29-38(31-54)49(62)51-34(4)45(59)26-33(3)50(63)53(6)47-37-22-24-44(58)41(30-37)40-27-36(21-23-43(40)57)28-42(35(5)55)52-48(61)32(2)25-46(47)60/h24-27,31-32,34-35,41-42,49,56,59-60H,7-23,28-30,33H2,1-6H3,(H,52,65)(H,53,64);21-24,27,30,32-34,38,42,47,54,57-58H,7-20,25-26,28-29,31H2,1-6H3,(H,51,62)(H,52,61)/t34-,35-,41+,42-,49+;32-,33-,34-,38-,42+,47+/m11/s1. The number of amides is 7. The van der Waals surface area contributed by atoms with Gasteiger partial charge in [-0.05, 0) is 137 Å². The van der Waals surface area contributed by atoms with Crippen molar-refractivity contribution in [2.45, 2.75) is 349 Å². The fourth-order valence-electron chi connectivity index (χ4n) is 16.7. The van der Waals surface area contributed by atoms with E-state index in [1.807, 2.05) is 0 Å². The Labute approximate surface area is 758 Å². The first-order valence-corrected chi connectivity index (χ1v) is 47.1. The molecule has 0 unspecified atom stereocenters. The Hall–Kier alpha value is -10.0.